The highest BCUT2D eigenvalue weighted by atomic mass is 16.5. The van der Waals surface area contributed by atoms with E-state index in [-0.39, 0.29) is 13.0 Å². The average molecular weight is 205 g/mol. The first kappa shape index (κ1) is 11.4. The van der Waals surface area contributed by atoms with E-state index in [0.29, 0.717) is 5.71 Å². The lowest BCUT2D eigenvalue weighted by Crippen LogP contribution is -2.53. The number of hydrogen-bond donors (Lipinski definition) is 4. The SMILES string of the molecule is C/C(C[C@@H]1OC[C@@H](O)[C@H](O)[C@H]1O)=N\O. The number of hydrogen-bond acceptors (Lipinski definition) is 6. The summed E-state index contributed by atoms with van der Waals surface area (Å²) in [4.78, 5) is 0. The zero-order valence-corrected chi connectivity index (χ0v) is 7.87. The van der Waals surface area contributed by atoms with Crippen LogP contribution in [-0.2, 0) is 4.74 Å². The van der Waals surface area contributed by atoms with Crippen molar-refractivity contribution in [1.29, 1.82) is 0 Å². The van der Waals surface area contributed by atoms with Crippen LogP contribution in [0.1, 0.15) is 13.3 Å². The van der Waals surface area contributed by atoms with Crippen LogP contribution < -0.4 is 0 Å². The smallest absolute Gasteiger partial charge is 0.111 e. The molecule has 4 N–H and O–H groups in total. The predicted octanol–water partition coefficient (Wildman–Crippen LogP) is -1.29. The number of ether oxygens (including phenoxy) is 1. The fourth-order valence-electron chi connectivity index (χ4n) is 1.38. The third kappa shape index (κ3) is 2.42. The number of nitrogens with zero attached hydrogens (tertiary/aromatic N) is 1. The second-order valence-electron chi connectivity index (χ2n) is 3.46. The van der Waals surface area contributed by atoms with Gasteiger partial charge in [-0.2, -0.15) is 0 Å². The minimum Gasteiger partial charge on any atom is -0.411 e. The van der Waals surface area contributed by atoms with E-state index in [9.17, 15) is 10.2 Å². The second-order valence-corrected chi connectivity index (χ2v) is 3.46. The molecule has 1 aliphatic heterocycles. The molecule has 0 saturated carbocycles. The van der Waals surface area contributed by atoms with E-state index < -0.39 is 24.4 Å². The van der Waals surface area contributed by atoms with Crippen molar-refractivity contribution in [2.75, 3.05) is 6.61 Å². The summed E-state index contributed by atoms with van der Waals surface area (Å²) in [5, 5.41) is 39.3. The molecule has 0 aromatic heterocycles. The summed E-state index contributed by atoms with van der Waals surface area (Å²) < 4.78 is 5.09. The molecule has 4 atom stereocenters. The average Bonchev–Trinajstić information content (AvgIpc) is 2.19. The first-order chi connectivity index (χ1) is 6.56. The van der Waals surface area contributed by atoms with Crippen molar-refractivity contribution in [2.45, 2.75) is 37.8 Å². The van der Waals surface area contributed by atoms with Gasteiger partial charge in [0.05, 0.1) is 18.4 Å². The molecule has 1 fully saturated rings. The number of oxime groups is 1. The Morgan fingerprint density at radius 2 is 2.00 bits per heavy atom. The minimum absolute atomic E-state index is 0.0262. The molecule has 1 aliphatic rings. The fourth-order valence-corrected chi connectivity index (χ4v) is 1.38. The van der Waals surface area contributed by atoms with Gasteiger partial charge in [0.1, 0.15) is 18.3 Å². The summed E-state index contributed by atoms with van der Waals surface area (Å²) in [5.74, 6) is 0. The Hall–Kier alpha value is -0.690. The molecule has 0 aliphatic carbocycles. The molecule has 6 nitrogen and oxygen atoms in total. The van der Waals surface area contributed by atoms with Gasteiger partial charge in [0.15, 0.2) is 0 Å². The van der Waals surface area contributed by atoms with Gasteiger partial charge in [0.2, 0.25) is 0 Å². The highest BCUT2D eigenvalue weighted by Gasteiger charge is 2.37. The lowest BCUT2D eigenvalue weighted by Gasteiger charge is -2.35. The minimum atomic E-state index is -1.21. The first-order valence-electron chi connectivity index (χ1n) is 4.39. The van der Waals surface area contributed by atoms with Gasteiger partial charge < -0.3 is 25.3 Å². The third-order valence-electron chi connectivity index (χ3n) is 2.27. The Morgan fingerprint density at radius 1 is 1.36 bits per heavy atom. The topological polar surface area (TPSA) is 103 Å². The quantitative estimate of drug-likeness (QED) is 0.255. The second kappa shape index (κ2) is 4.70. The third-order valence-corrected chi connectivity index (χ3v) is 2.27. The van der Waals surface area contributed by atoms with Crippen molar-refractivity contribution in [3.05, 3.63) is 0 Å². The van der Waals surface area contributed by atoms with Crippen molar-refractivity contribution in [3.8, 4) is 0 Å². The fraction of sp³-hybridized carbons (Fsp3) is 0.875. The Bertz CT molecular complexity index is 220. The Labute approximate surface area is 81.4 Å². The molecule has 14 heavy (non-hydrogen) atoms. The van der Waals surface area contributed by atoms with Crippen LogP contribution in [0.4, 0.5) is 0 Å². The van der Waals surface area contributed by atoms with Gasteiger partial charge in [0, 0.05) is 6.42 Å². The molecule has 0 radical (unpaired) electrons. The summed E-state index contributed by atoms with van der Waals surface area (Å²) in [5.41, 5.74) is 0.401. The van der Waals surface area contributed by atoms with Crippen molar-refractivity contribution in [1.82, 2.24) is 0 Å². The zero-order valence-electron chi connectivity index (χ0n) is 7.87. The van der Waals surface area contributed by atoms with Crippen LogP contribution in [0.2, 0.25) is 0 Å². The number of rotatable bonds is 2. The summed E-state index contributed by atoms with van der Waals surface area (Å²) >= 11 is 0. The first-order valence-corrected chi connectivity index (χ1v) is 4.39. The zero-order chi connectivity index (χ0) is 10.7. The summed E-state index contributed by atoms with van der Waals surface area (Å²) in [6.07, 6.45) is -3.84. The molecule has 0 spiro atoms. The molecule has 0 aromatic carbocycles. The molecule has 0 aromatic rings. The number of aliphatic hydroxyl groups is 3. The maximum Gasteiger partial charge on any atom is 0.111 e. The highest BCUT2D eigenvalue weighted by Crippen LogP contribution is 2.18. The highest BCUT2D eigenvalue weighted by molar-refractivity contribution is 5.81. The van der Waals surface area contributed by atoms with Crippen LogP contribution in [0.5, 0.6) is 0 Å². The van der Waals surface area contributed by atoms with Gasteiger partial charge in [-0.3, -0.25) is 0 Å². The molecule has 6 heteroatoms. The van der Waals surface area contributed by atoms with E-state index in [0.717, 1.165) is 0 Å². The van der Waals surface area contributed by atoms with Crippen molar-refractivity contribution in [3.63, 3.8) is 0 Å². The number of aliphatic hydroxyl groups excluding tert-OH is 3. The summed E-state index contributed by atoms with van der Waals surface area (Å²) in [6, 6.07) is 0. The van der Waals surface area contributed by atoms with Crippen LogP contribution in [-0.4, -0.2) is 57.3 Å². The molecule has 0 unspecified atom stereocenters. The largest absolute Gasteiger partial charge is 0.411 e. The normalized spacial score (nSPS) is 39.9. The summed E-state index contributed by atoms with van der Waals surface area (Å²) in [7, 11) is 0. The van der Waals surface area contributed by atoms with Crippen LogP contribution in [0.3, 0.4) is 0 Å². The van der Waals surface area contributed by atoms with E-state index >= 15 is 0 Å². The molecule has 1 rings (SSSR count). The molecular formula is C8H15NO5. The van der Waals surface area contributed by atoms with Crippen LogP contribution >= 0.6 is 0 Å². The molecule has 0 amide bonds. The van der Waals surface area contributed by atoms with Gasteiger partial charge in [-0.1, -0.05) is 5.16 Å². The molecule has 82 valence electrons. The molecule has 0 bridgehead atoms. The van der Waals surface area contributed by atoms with E-state index in [1.54, 1.807) is 6.92 Å². The maximum absolute atomic E-state index is 9.48. The van der Waals surface area contributed by atoms with Gasteiger partial charge in [0.25, 0.3) is 0 Å². The Kier molecular flexibility index (Phi) is 3.82. The summed E-state index contributed by atoms with van der Waals surface area (Å²) in [6.45, 7) is 1.55. The maximum atomic E-state index is 9.48. The van der Waals surface area contributed by atoms with Gasteiger partial charge >= 0.3 is 0 Å². The Balaban J connectivity index is 2.55. The van der Waals surface area contributed by atoms with Crippen molar-refractivity contribution in [2.24, 2.45) is 5.16 Å². The predicted molar refractivity (Wildman–Crippen MR) is 47.3 cm³/mol. The molecule has 1 saturated heterocycles. The molecular weight excluding hydrogens is 190 g/mol. The van der Waals surface area contributed by atoms with Gasteiger partial charge in [-0.15, -0.1) is 0 Å². The van der Waals surface area contributed by atoms with Crippen molar-refractivity contribution < 1.29 is 25.3 Å². The Morgan fingerprint density at radius 3 is 2.57 bits per heavy atom. The lowest BCUT2D eigenvalue weighted by atomic mass is 9.97. The van der Waals surface area contributed by atoms with Gasteiger partial charge in [-0.25, -0.2) is 0 Å². The van der Waals surface area contributed by atoms with Crippen LogP contribution in [0, 0.1) is 0 Å². The van der Waals surface area contributed by atoms with Gasteiger partial charge in [-0.05, 0) is 6.92 Å². The standard InChI is InChI=1S/C8H15NO5/c1-4(9-13)2-6-8(12)7(11)5(10)3-14-6/h5-8,10-13H,2-3H2,1H3/b9-4+/t5-,6+,7+,8+/m1/s1. The molecule has 1 heterocycles. The monoisotopic (exact) mass is 205 g/mol. The van der Waals surface area contributed by atoms with Crippen LogP contribution in [0.15, 0.2) is 5.16 Å². The van der Waals surface area contributed by atoms with Crippen LogP contribution in [0.25, 0.3) is 0 Å². The van der Waals surface area contributed by atoms with E-state index in [4.69, 9.17) is 15.1 Å². The van der Waals surface area contributed by atoms with E-state index in [1.807, 2.05) is 0 Å². The van der Waals surface area contributed by atoms with Crippen molar-refractivity contribution >= 4 is 5.71 Å². The van der Waals surface area contributed by atoms with E-state index in [1.165, 1.54) is 0 Å². The lowest BCUT2D eigenvalue weighted by molar-refractivity contribution is -0.184. The van der Waals surface area contributed by atoms with E-state index in [2.05, 4.69) is 5.16 Å².